The summed E-state index contributed by atoms with van der Waals surface area (Å²) >= 11 is 0. The third kappa shape index (κ3) is 3.67. The van der Waals surface area contributed by atoms with Gasteiger partial charge in [-0.05, 0) is 6.07 Å². The lowest BCUT2D eigenvalue weighted by Crippen LogP contribution is -2.45. The predicted molar refractivity (Wildman–Crippen MR) is 74.6 cm³/mol. The van der Waals surface area contributed by atoms with Crippen molar-refractivity contribution in [3.8, 4) is 5.75 Å². The van der Waals surface area contributed by atoms with Gasteiger partial charge in [0.25, 0.3) is 5.91 Å². The van der Waals surface area contributed by atoms with E-state index >= 15 is 0 Å². The summed E-state index contributed by atoms with van der Waals surface area (Å²) in [7, 11) is 1.30. The van der Waals surface area contributed by atoms with Crippen molar-refractivity contribution in [2.24, 2.45) is 0 Å². The van der Waals surface area contributed by atoms with Crippen LogP contribution in [0.2, 0.25) is 0 Å². The van der Waals surface area contributed by atoms with Gasteiger partial charge in [0.05, 0.1) is 30.3 Å². The van der Waals surface area contributed by atoms with Crippen molar-refractivity contribution in [2.45, 2.75) is 6.10 Å². The molecule has 0 bridgehead atoms. The van der Waals surface area contributed by atoms with Crippen LogP contribution in [0.15, 0.2) is 18.2 Å². The lowest BCUT2D eigenvalue weighted by molar-refractivity contribution is -0.385. The highest BCUT2D eigenvalue weighted by atomic mass is 16.6. The Labute approximate surface area is 121 Å². The van der Waals surface area contributed by atoms with Crippen molar-refractivity contribution in [3.05, 3.63) is 33.9 Å². The summed E-state index contributed by atoms with van der Waals surface area (Å²) in [5.41, 5.74) is -0.101. The number of ether oxygens (including phenoxy) is 2. The highest BCUT2D eigenvalue weighted by Gasteiger charge is 2.23. The van der Waals surface area contributed by atoms with Crippen molar-refractivity contribution in [3.63, 3.8) is 0 Å². The van der Waals surface area contributed by atoms with E-state index in [1.165, 1.54) is 25.3 Å². The third-order valence-corrected chi connectivity index (χ3v) is 3.13. The molecule has 0 spiro atoms. The van der Waals surface area contributed by atoms with Gasteiger partial charge in [-0.2, -0.15) is 0 Å². The fraction of sp³-hybridized carbons (Fsp3) is 0.462. The molecule has 1 atom stereocenters. The van der Waals surface area contributed by atoms with Crippen LogP contribution in [0.3, 0.4) is 0 Å². The minimum absolute atomic E-state index is 0.0392. The molecule has 1 fully saturated rings. The average Bonchev–Trinajstić information content (AvgIpc) is 2.52. The molecule has 8 nitrogen and oxygen atoms in total. The molecule has 21 heavy (non-hydrogen) atoms. The second-order valence-electron chi connectivity index (χ2n) is 4.52. The third-order valence-electron chi connectivity index (χ3n) is 3.13. The Morgan fingerprint density at radius 1 is 1.62 bits per heavy atom. The molecule has 1 heterocycles. The Morgan fingerprint density at radius 3 is 3.05 bits per heavy atom. The molecule has 1 aliphatic rings. The fourth-order valence-electron chi connectivity index (χ4n) is 2.11. The standard InChI is InChI=1S/C13H17N3O5/c1-20-12-10(3-2-4-11(12)16(18)19)13(17)15-8-9-7-14-5-6-21-9/h2-4,9,14H,5-8H2,1H3,(H,15,17). The summed E-state index contributed by atoms with van der Waals surface area (Å²) in [4.78, 5) is 22.5. The summed E-state index contributed by atoms with van der Waals surface area (Å²) in [6, 6.07) is 4.24. The van der Waals surface area contributed by atoms with Gasteiger partial charge in [0, 0.05) is 25.7 Å². The van der Waals surface area contributed by atoms with Gasteiger partial charge in [0.2, 0.25) is 5.75 Å². The summed E-state index contributed by atoms with van der Waals surface area (Å²) in [5, 5.41) is 16.8. The zero-order chi connectivity index (χ0) is 15.2. The maximum Gasteiger partial charge on any atom is 0.311 e. The monoisotopic (exact) mass is 295 g/mol. The summed E-state index contributed by atoms with van der Waals surface area (Å²) in [5.74, 6) is -0.465. The van der Waals surface area contributed by atoms with Gasteiger partial charge in [-0.3, -0.25) is 14.9 Å². The molecular weight excluding hydrogens is 278 g/mol. The number of nitro groups is 1. The highest BCUT2D eigenvalue weighted by Crippen LogP contribution is 2.30. The zero-order valence-electron chi connectivity index (χ0n) is 11.6. The van der Waals surface area contributed by atoms with E-state index in [1.807, 2.05) is 0 Å². The Hall–Kier alpha value is -2.19. The summed E-state index contributed by atoms with van der Waals surface area (Å²) in [6.07, 6.45) is -0.104. The van der Waals surface area contributed by atoms with Crippen LogP contribution in [0.5, 0.6) is 5.75 Å². The Bertz CT molecular complexity index is 529. The highest BCUT2D eigenvalue weighted by molar-refractivity contribution is 5.98. The Balaban J connectivity index is 2.07. The Kier molecular flexibility index (Phi) is 5.07. The van der Waals surface area contributed by atoms with Gasteiger partial charge >= 0.3 is 5.69 Å². The van der Waals surface area contributed by atoms with Gasteiger partial charge < -0.3 is 20.1 Å². The Morgan fingerprint density at radius 2 is 2.43 bits per heavy atom. The minimum atomic E-state index is -0.580. The first-order chi connectivity index (χ1) is 10.1. The molecule has 2 rings (SSSR count). The molecular formula is C13H17N3O5. The molecule has 0 saturated carbocycles. The molecule has 1 aliphatic heterocycles. The molecule has 1 unspecified atom stereocenters. The maximum atomic E-state index is 12.2. The number of nitrogens with one attached hydrogen (secondary N) is 2. The minimum Gasteiger partial charge on any atom is -0.490 e. The van der Waals surface area contributed by atoms with Crippen LogP contribution in [-0.4, -0.2) is 50.3 Å². The average molecular weight is 295 g/mol. The van der Waals surface area contributed by atoms with Crippen molar-refractivity contribution < 1.29 is 19.2 Å². The number of para-hydroxylation sites is 1. The zero-order valence-corrected chi connectivity index (χ0v) is 11.6. The second-order valence-corrected chi connectivity index (χ2v) is 4.52. The quantitative estimate of drug-likeness (QED) is 0.599. The normalized spacial score (nSPS) is 18.0. The molecule has 1 aromatic rings. The molecule has 1 saturated heterocycles. The van der Waals surface area contributed by atoms with Gasteiger partial charge in [-0.1, -0.05) is 6.07 Å². The SMILES string of the molecule is COc1c(C(=O)NCC2CNCCO2)cccc1[N+](=O)[O-]. The van der Waals surface area contributed by atoms with E-state index < -0.39 is 10.8 Å². The number of nitrogens with zero attached hydrogens (tertiary/aromatic N) is 1. The fourth-order valence-corrected chi connectivity index (χ4v) is 2.11. The van der Waals surface area contributed by atoms with Crippen LogP contribution < -0.4 is 15.4 Å². The van der Waals surface area contributed by atoms with Crippen LogP contribution >= 0.6 is 0 Å². The number of benzene rings is 1. The topological polar surface area (TPSA) is 103 Å². The van der Waals surface area contributed by atoms with Gasteiger partial charge in [-0.15, -0.1) is 0 Å². The van der Waals surface area contributed by atoms with Crippen molar-refractivity contribution >= 4 is 11.6 Å². The lowest BCUT2D eigenvalue weighted by Gasteiger charge is -2.23. The van der Waals surface area contributed by atoms with Crippen LogP contribution in [-0.2, 0) is 4.74 Å². The molecule has 114 valence electrons. The van der Waals surface area contributed by atoms with Crippen LogP contribution in [0.4, 0.5) is 5.69 Å². The largest absolute Gasteiger partial charge is 0.490 e. The van der Waals surface area contributed by atoms with E-state index in [2.05, 4.69) is 10.6 Å². The first-order valence-electron chi connectivity index (χ1n) is 6.55. The second kappa shape index (κ2) is 7.00. The van der Waals surface area contributed by atoms with E-state index in [1.54, 1.807) is 0 Å². The van der Waals surface area contributed by atoms with Gasteiger partial charge in [0.1, 0.15) is 0 Å². The number of rotatable bonds is 5. The smallest absolute Gasteiger partial charge is 0.311 e. The van der Waals surface area contributed by atoms with Gasteiger partial charge in [-0.25, -0.2) is 0 Å². The van der Waals surface area contributed by atoms with Crippen molar-refractivity contribution in [1.82, 2.24) is 10.6 Å². The number of carbonyl (C=O) groups excluding carboxylic acids is 1. The number of carbonyl (C=O) groups is 1. The number of hydrogen-bond donors (Lipinski definition) is 2. The maximum absolute atomic E-state index is 12.2. The van der Waals surface area contributed by atoms with Crippen LogP contribution in [0, 0.1) is 10.1 Å². The van der Waals surface area contributed by atoms with Crippen LogP contribution in [0.25, 0.3) is 0 Å². The predicted octanol–water partition coefficient (Wildman–Crippen LogP) is 0.322. The summed E-state index contributed by atoms with van der Waals surface area (Å²) in [6.45, 7) is 2.38. The van der Waals surface area contributed by atoms with E-state index in [4.69, 9.17) is 9.47 Å². The number of amides is 1. The van der Waals surface area contributed by atoms with Crippen molar-refractivity contribution in [2.75, 3.05) is 33.4 Å². The molecule has 0 aromatic heterocycles. The number of morpholine rings is 1. The molecule has 1 aromatic carbocycles. The first kappa shape index (κ1) is 15.2. The number of nitro benzene ring substituents is 1. The van der Waals surface area contributed by atoms with E-state index in [9.17, 15) is 14.9 Å². The molecule has 0 aliphatic carbocycles. The van der Waals surface area contributed by atoms with E-state index in [-0.39, 0.29) is 23.1 Å². The number of hydrogen-bond acceptors (Lipinski definition) is 6. The lowest BCUT2D eigenvalue weighted by atomic mass is 10.1. The molecule has 1 amide bonds. The van der Waals surface area contributed by atoms with Gasteiger partial charge in [0.15, 0.2) is 0 Å². The number of methoxy groups -OCH3 is 1. The first-order valence-corrected chi connectivity index (χ1v) is 6.55. The van der Waals surface area contributed by atoms with E-state index in [0.29, 0.717) is 19.7 Å². The van der Waals surface area contributed by atoms with E-state index in [0.717, 1.165) is 6.54 Å². The molecule has 2 N–H and O–H groups in total. The van der Waals surface area contributed by atoms with Crippen molar-refractivity contribution in [1.29, 1.82) is 0 Å². The molecule has 0 radical (unpaired) electrons. The molecule has 8 heteroatoms. The summed E-state index contributed by atoms with van der Waals surface area (Å²) < 4.78 is 10.5. The van der Waals surface area contributed by atoms with Crippen LogP contribution in [0.1, 0.15) is 10.4 Å².